The lowest BCUT2D eigenvalue weighted by molar-refractivity contribution is 0.887. The Balaban J connectivity index is 1.96. The first-order chi connectivity index (χ1) is 9.33. The summed E-state index contributed by atoms with van der Waals surface area (Å²) < 4.78 is 0. The van der Waals surface area contributed by atoms with Gasteiger partial charge in [-0.25, -0.2) is 0 Å². The standard InChI is InChI=1S/C18H15Cl/c19-14-7-10-16-13(11-14)6-9-17-15-4-2-1-3-12(15)5-8-18(16)17/h1,3,5,7-8,10-11H,2,4,6,9H2. The van der Waals surface area contributed by atoms with Crippen LogP contribution >= 0.6 is 11.6 Å². The second-order valence-electron chi connectivity index (χ2n) is 5.40. The molecule has 0 aromatic heterocycles. The van der Waals surface area contributed by atoms with Crippen LogP contribution in [0.3, 0.4) is 0 Å². The van der Waals surface area contributed by atoms with Crippen molar-refractivity contribution in [3.05, 3.63) is 63.7 Å². The fourth-order valence-corrected chi connectivity index (χ4v) is 3.62. The molecule has 0 radical (unpaired) electrons. The second-order valence-corrected chi connectivity index (χ2v) is 5.84. The van der Waals surface area contributed by atoms with Gasteiger partial charge >= 0.3 is 0 Å². The van der Waals surface area contributed by atoms with Crippen molar-refractivity contribution in [2.24, 2.45) is 0 Å². The molecule has 2 aromatic carbocycles. The molecule has 0 bridgehead atoms. The van der Waals surface area contributed by atoms with Gasteiger partial charge < -0.3 is 0 Å². The van der Waals surface area contributed by atoms with Crippen LogP contribution in [0.5, 0.6) is 0 Å². The van der Waals surface area contributed by atoms with Gasteiger partial charge in [-0.05, 0) is 71.2 Å². The van der Waals surface area contributed by atoms with Gasteiger partial charge in [0.2, 0.25) is 0 Å². The molecule has 0 nitrogen and oxygen atoms in total. The Bertz CT molecular complexity index is 695. The molecule has 0 atom stereocenters. The highest BCUT2D eigenvalue weighted by atomic mass is 35.5. The molecular formula is C18H15Cl. The van der Waals surface area contributed by atoms with Crippen LogP contribution in [0.4, 0.5) is 0 Å². The fraction of sp³-hybridized carbons (Fsp3) is 0.222. The lowest BCUT2D eigenvalue weighted by Gasteiger charge is -2.25. The molecule has 0 amide bonds. The first kappa shape index (κ1) is 11.3. The minimum absolute atomic E-state index is 0.850. The molecule has 0 N–H and O–H groups in total. The van der Waals surface area contributed by atoms with Crippen LogP contribution in [0.1, 0.15) is 28.7 Å². The highest BCUT2D eigenvalue weighted by molar-refractivity contribution is 6.30. The van der Waals surface area contributed by atoms with Gasteiger partial charge in [-0.2, -0.15) is 0 Å². The first-order valence-electron chi connectivity index (χ1n) is 6.93. The Kier molecular flexibility index (Phi) is 2.53. The summed E-state index contributed by atoms with van der Waals surface area (Å²) >= 11 is 6.11. The number of benzene rings is 2. The first-order valence-corrected chi connectivity index (χ1v) is 7.31. The molecule has 0 saturated heterocycles. The monoisotopic (exact) mass is 266 g/mol. The molecule has 0 aliphatic heterocycles. The summed E-state index contributed by atoms with van der Waals surface area (Å²) in [6.07, 6.45) is 9.19. The van der Waals surface area contributed by atoms with E-state index < -0.39 is 0 Å². The SMILES string of the molecule is Clc1ccc2c(c1)CCc1c-2ccc2c1CCC=C2. The second kappa shape index (κ2) is 4.25. The lowest BCUT2D eigenvalue weighted by Crippen LogP contribution is -2.09. The zero-order chi connectivity index (χ0) is 12.8. The molecule has 0 saturated carbocycles. The number of hydrogen-bond acceptors (Lipinski definition) is 0. The average molecular weight is 267 g/mol. The summed E-state index contributed by atoms with van der Waals surface area (Å²) in [7, 11) is 0. The molecule has 1 heteroatoms. The summed E-state index contributed by atoms with van der Waals surface area (Å²) in [6.45, 7) is 0. The number of halogens is 1. The summed E-state index contributed by atoms with van der Waals surface area (Å²) in [5.41, 5.74) is 8.75. The molecule has 2 aromatic rings. The third kappa shape index (κ3) is 1.74. The van der Waals surface area contributed by atoms with Crippen LogP contribution in [-0.4, -0.2) is 0 Å². The van der Waals surface area contributed by atoms with E-state index in [9.17, 15) is 0 Å². The van der Waals surface area contributed by atoms with Crippen molar-refractivity contribution in [3.8, 4) is 11.1 Å². The number of aryl methyl sites for hydroxylation is 1. The van der Waals surface area contributed by atoms with Gasteiger partial charge in [0.25, 0.3) is 0 Å². The van der Waals surface area contributed by atoms with Gasteiger partial charge in [-0.1, -0.05) is 42.0 Å². The molecule has 2 aliphatic rings. The Morgan fingerprint density at radius 2 is 1.74 bits per heavy atom. The summed E-state index contributed by atoms with van der Waals surface area (Å²) in [5, 5.41) is 0.850. The molecule has 94 valence electrons. The summed E-state index contributed by atoms with van der Waals surface area (Å²) in [6, 6.07) is 10.9. The van der Waals surface area contributed by atoms with Crippen LogP contribution in [0.15, 0.2) is 36.4 Å². The number of fused-ring (bicyclic) bond motifs is 5. The molecule has 0 spiro atoms. The number of rotatable bonds is 0. The Labute approximate surface area is 118 Å². The maximum absolute atomic E-state index is 6.11. The van der Waals surface area contributed by atoms with E-state index >= 15 is 0 Å². The quantitative estimate of drug-likeness (QED) is 0.625. The van der Waals surface area contributed by atoms with E-state index in [1.807, 2.05) is 6.07 Å². The molecule has 4 rings (SSSR count). The van der Waals surface area contributed by atoms with Crippen molar-refractivity contribution in [1.29, 1.82) is 0 Å². The Morgan fingerprint density at radius 3 is 2.68 bits per heavy atom. The molecule has 2 aliphatic carbocycles. The molecular weight excluding hydrogens is 252 g/mol. The predicted octanol–water partition coefficient (Wildman–Crippen LogP) is 5.07. The normalized spacial score (nSPS) is 15.6. The van der Waals surface area contributed by atoms with E-state index in [2.05, 4.69) is 36.4 Å². The molecule has 19 heavy (non-hydrogen) atoms. The maximum atomic E-state index is 6.11. The smallest absolute Gasteiger partial charge is 0.0409 e. The minimum Gasteiger partial charge on any atom is -0.0843 e. The summed E-state index contributed by atoms with van der Waals surface area (Å²) in [4.78, 5) is 0. The predicted molar refractivity (Wildman–Crippen MR) is 81.7 cm³/mol. The van der Waals surface area contributed by atoms with Crippen molar-refractivity contribution in [2.75, 3.05) is 0 Å². The van der Waals surface area contributed by atoms with Crippen LogP contribution in [0.2, 0.25) is 5.02 Å². The van der Waals surface area contributed by atoms with Gasteiger partial charge in [0.1, 0.15) is 0 Å². The largest absolute Gasteiger partial charge is 0.0843 e. The Morgan fingerprint density at radius 1 is 0.842 bits per heavy atom. The van der Waals surface area contributed by atoms with Crippen molar-refractivity contribution >= 4 is 17.7 Å². The van der Waals surface area contributed by atoms with E-state index in [0.717, 1.165) is 17.9 Å². The highest BCUT2D eigenvalue weighted by Crippen LogP contribution is 2.39. The lowest BCUT2D eigenvalue weighted by atomic mass is 9.80. The molecule has 0 heterocycles. The van der Waals surface area contributed by atoms with E-state index in [1.165, 1.54) is 35.1 Å². The fourth-order valence-electron chi connectivity index (χ4n) is 3.43. The maximum Gasteiger partial charge on any atom is 0.0409 e. The van der Waals surface area contributed by atoms with E-state index in [4.69, 9.17) is 11.6 Å². The van der Waals surface area contributed by atoms with Gasteiger partial charge in [0.05, 0.1) is 0 Å². The van der Waals surface area contributed by atoms with Gasteiger partial charge in [0.15, 0.2) is 0 Å². The van der Waals surface area contributed by atoms with Gasteiger partial charge in [0, 0.05) is 5.02 Å². The number of hydrogen-bond donors (Lipinski definition) is 0. The van der Waals surface area contributed by atoms with Crippen LogP contribution in [0.25, 0.3) is 17.2 Å². The third-order valence-electron chi connectivity index (χ3n) is 4.33. The zero-order valence-electron chi connectivity index (χ0n) is 10.7. The Hall–Kier alpha value is -1.53. The summed E-state index contributed by atoms with van der Waals surface area (Å²) in [5.74, 6) is 0. The van der Waals surface area contributed by atoms with E-state index in [-0.39, 0.29) is 0 Å². The zero-order valence-corrected chi connectivity index (χ0v) is 11.5. The van der Waals surface area contributed by atoms with Crippen LogP contribution in [0, 0.1) is 0 Å². The van der Waals surface area contributed by atoms with Crippen molar-refractivity contribution in [3.63, 3.8) is 0 Å². The van der Waals surface area contributed by atoms with Crippen molar-refractivity contribution < 1.29 is 0 Å². The van der Waals surface area contributed by atoms with Crippen molar-refractivity contribution in [2.45, 2.75) is 25.7 Å². The topological polar surface area (TPSA) is 0 Å². The van der Waals surface area contributed by atoms with Gasteiger partial charge in [-0.3, -0.25) is 0 Å². The number of allylic oxidation sites excluding steroid dienone is 1. The molecule has 0 fully saturated rings. The van der Waals surface area contributed by atoms with E-state index in [0.29, 0.717) is 0 Å². The molecule has 0 unspecified atom stereocenters. The van der Waals surface area contributed by atoms with Crippen LogP contribution in [-0.2, 0) is 19.3 Å². The highest BCUT2D eigenvalue weighted by Gasteiger charge is 2.20. The van der Waals surface area contributed by atoms with Crippen LogP contribution < -0.4 is 0 Å². The third-order valence-corrected chi connectivity index (χ3v) is 4.56. The van der Waals surface area contributed by atoms with Gasteiger partial charge in [-0.15, -0.1) is 0 Å². The van der Waals surface area contributed by atoms with Crippen molar-refractivity contribution in [1.82, 2.24) is 0 Å². The minimum atomic E-state index is 0.850. The average Bonchev–Trinajstić information content (AvgIpc) is 2.46. The van der Waals surface area contributed by atoms with E-state index in [1.54, 1.807) is 11.1 Å².